The molecule has 31 heavy (non-hydrogen) atoms. The van der Waals surface area contributed by atoms with Gasteiger partial charge in [0, 0.05) is 18.7 Å². The van der Waals surface area contributed by atoms with Crippen molar-refractivity contribution in [1.82, 2.24) is 9.62 Å². The summed E-state index contributed by atoms with van der Waals surface area (Å²) < 4.78 is 33.2. The average Bonchev–Trinajstić information content (AvgIpc) is 3.05. The molecule has 3 rings (SSSR count). The predicted molar refractivity (Wildman–Crippen MR) is 122 cm³/mol. The molecule has 2 aromatic carbocycles. The van der Waals surface area contributed by atoms with Crippen LogP contribution in [-0.4, -0.2) is 38.3 Å². The van der Waals surface area contributed by atoms with E-state index < -0.39 is 10.0 Å². The molecule has 1 aliphatic rings. The first-order valence-corrected chi connectivity index (χ1v) is 12.5. The summed E-state index contributed by atoms with van der Waals surface area (Å²) in [6, 6.07) is 11.6. The number of ether oxygens (including phenoxy) is 1. The number of amides is 1. The van der Waals surface area contributed by atoms with Crippen LogP contribution in [0.1, 0.15) is 61.5 Å². The Labute approximate surface area is 189 Å². The Morgan fingerprint density at radius 2 is 1.74 bits per heavy atom. The zero-order valence-corrected chi connectivity index (χ0v) is 19.5. The summed E-state index contributed by atoms with van der Waals surface area (Å²) in [5, 5.41) is 3.05. The minimum atomic E-state index is -3.76. The van der Waals surface area contributed by atoms with Crippen molar-refractivity contribution in [3.63, 3.8) is 0 Å². The van der Waals surface area contributed by atoms with Gasteiger partial charge in [0.25, 0.3) is 5.91 Å². The average molecular weight is 465 g/mol. The summed E-state index contributed by atoms with van der Waals surface area (Å²) >= 11 is 6.24. The summed E-state index contributed by atoms with van der Waals surface area (Å²) in [4.78, 5) is 12.8. The highest BCUT2D eigenvalue weighted by Gasteiger charge is 2.28. The number of halogens is 1. The number of nitrogens with zero attached hydrogens (tertiary/aromatic N) is 1. The number of hydrogen-bond donors (Lipinski definition) is 1. The van der Waals surface area contributed by atoms with Gasteiger partial charge < -0.3 is 10.1 Å². The van der Waals surface area contributed by atoms with Gasteiger partial charge in [-0.2, -0.15) is 4.31 Å². The van der Waals surface area contributed by atoms with E-state index in [1.807, 2.05) is 38.1 Å². The quantitative estimate of drug-likeness (QED) is 0.638. The Kier molecular flexibility index (Phi) is 7.97. The summed E-state index contributed by atoms with van der Waals surface area (Å²) in [5.74, 6) is 0.413. The van der Waals surface area contributed by atoms with E-state index in [0.717, 1.165) is 37.0 Å². The zero-order valence-electron chi connectivity index (χ0n) is 17.9. The summed E-state index contributed by atoms with van der Waals surface area (Å²) in [6.07, 6.45) is 3.70. The van der Waals surface area contributed by atoms with E-state index in [1.165, 1.54) is 16.4 Å². The van der Waals surface area contributed by atoms with Gasteiger partial charge in [-0.05, 0) is 62.6 Å². The van der Waals surface area contributed by atoms with Gasteiger partial charge in [0.1, 0.15) is 10.6 Å². The second-order valence-corrected chi connectivity index (χ2v) is 9.97. The van der Waals surface area contributed by atoms with Gasteiger partial charge in [0.2, 0.25) is 10.0 Å². The molecule has 0 bridgehead atoms. The van der Waals surface area contributed by atoms with Gasteiger partial charge in [0.05, 0.1) is 17.7 Å². The highest BCUT2D eigenvalue weighted by molar-refractivity contribution is 7.89. The number of nitrogens with one attached hydrogen (secondary N) is 1. The largest absolute Gasteiger partial charge is 0.494 e. The monoisotopic (exact) mass is 464 g/mol. The molecule has 168 valence electrons. The molecule has 1 N–H and O–H groups in total. The molecule has 2 aromatic rings. The lowest BCUT2D eigenvalue weighted by Gasteiger charge is -2.21. The Hall–Kier alpha value is -2.09. The number of sulfonamides is 1. The predicted octanol–water partition coefficient (Wildman–Crippen LogP) is 4.79. The van der Waals surface area contributed by atoms with Gasteiger partial charge in [-0.3, -0.25) is 4.79 Å². The van der Waals surface area contributed by atoms with Crippen molar-refractivity contribution in [2.24, 2.45) is 0 Å². The second-order valence-electron chi connectivity index (χ2n) is 7.66. The maximum atomic E-state index is 13.2. The van der Waals surface area contributed by atoms with Crippen molar-refractivity contribution in [3.05, 3.63) is 58.6 Å². The van der Waals surface area contributed by atoms with Gasteiger partial charge >= 0.3 is 0 Å². The van der Waals surface area contributed by atoms with Gasteiger partial charge in [0.15, 0.2) is 0 Å². The number of carbonyl (C=O) groups excluding carboxylic acids is 1. The molecular weight excluding hydrogens is 436 g/mol. The van der Waals surface area contributed by atoms with Crippen molar-refractivity contribution in [2.45, 2.75) is 50.5 Å². The molecule has 0 radical (unpaired) electrons. The third kappa shape index (κ3) is 5.79. The van der Waals surface area contributed by atoms with Gasteiger partial charge in [-0.15, -0.1) is 0 Å². The number of benzene rings is 2. The minimum absolute atomic E-state index is 0.0163. The number of rotatable bonds is 7. The van der Waals surface area contributed by atoms with Crippen LogP contribution in [0.2, 0.25) is 5.02 Å². The Morgan fingerprint density at radius 3 is 2.35 bits per heavy atom. The van der Waals surface area contributed by atoms with Crippen LogP contribution in [0.25, 0.3) is 0 Å². The first-order valence-electron chi connectivity index (χ1n) is 10.7. The molecule has 1 heterocycles. The lowest BCUT2D eigenvalue weighted by atomic mass is 10.1. The molecule has 0 saturated carbocycles. The summed E-state index contributed by atoms with van der Waals surface area (Å²) in [5.41, 5.74) is 1.18. The molecule has 1 unspecified atom stereocenters. The molecule has 1 amide bonds. The zero-order chi connectivity index (χ0) is 22.4. The third-order valence-corrected chi connectivity index (χ3v) is 7.80. The molecule has 1 aliphatic heterocycles. The second kappa shape index (κ2) is 10.5. The van der Waals surface area contributed by atoms with Crippen LogP contribution in [0.3, 0.4) is 0 Å². The number of hydrogen-bond acceptors (Lipinski definition) is 4. The lowest BCUT2D eigenvalue weighted by Crippen LogP contribution is -2.32. The third-order valence-electron chi connectivity index (χ3n) is 5.41. The molecule has 6 nitrogen and oxygen atoms in total. The van der Waals surface area contributed by atoms with E-state index in [1.54, 1.807) is 6.07 Å². The van der Waals surface area contributed by atoms with Crippen molar-refractivity contribution in [2.75, 3.05) is 19.7 Å². The van der Waals surface area contributed by atoms with Crippen LogP contribution >= 0.6 is 11.6 Å². The van der Waals surface area contributed by atoms with E-state index in [-0.39, 0.29) is 27.4 Å². The lowest BCUT2D eigenvalue weighted by molar-refractivity contribution is 0.0939. The van der Waals surface area contributed by atoms with E-state index >= 15 is 0 Å². The Bertz CT molecular complexity index is 1000. The highest BCUT2D eigenvalue weighted by Crippen LogP contribution is 2.28. The fraction of sp³-hybridized carbons (Fsp3) is 0.435. The van der Waals surface area contributed by atoms with E-state index in [9.17, 15) is 13.2 Å². The Balaban J connectivity index is 1.77. The fourth-order valence-corrected chi connectivity index (χ4v) is 5.66. The molecule has 1 atom stereocenters. The minimum Gasteiger partial charge on any atom is -0.494 e. The topological polar surface area (TPSA) is 75.7 Å². The maximum absolute atomic E-state index is 13.2. The summed E-state index contributed by atoms with van der Waals surface area (Å²) in [7, 11) is -3.76. The van der Waals surface area contributed by atoms with Crippen LogP contribution in [0.5, 0.6) is 5.75 Å². The fourth-order valence-electron chi connectivity index (χ4n) is 3.65. The SMILES string of the molecule is CCOc1ccc(C(C)NC(=O)c2ccc(Cl)c(S(=O)(=O)N3CCCCCC3)c2)cc1. The molecule has 1 fully saturated rings. The molecule has 0 aliphatic carbocycles. The van der Waals surface area contributed by atoms with Gasteiger partial charge in [-0.25, -0.2) is 8.42 Å². The molecule has 0 spiro atoms. The van der Waals surface area contributed by atoms with Crippen LogP contribution in [-0.2, 0) is 10.0 Å². The highest BCUT2D eigenvalue weighted by atomic mass is 35.5. The standard InChI is InChI=1S/C23H29ClN2O4S/c1-3-30-20-11-8-18(9-12-20)17(2)25-23(27)19-10-13-21(24)22(16-19)31(28,29)26-14-6-4-5-7-15-26/h8-13,16-17H,3-7,14-15H2,1-2H3,(H,25,27). The van der Waals surface area contributed by atoms with Crippen LogP contribution < -0.4 is 10.1 Å². The normalized spacial score (nSPS) is 16.4. The number of carbonyl (C=O) groups is 1. The first kappa shape index (κ1) is 23.6. The smallest absolute Gasteiger partial charge is 0.251 e. The van der Waals surface area contributed by atoms with Crippen molar-refractivity contribution in [1.29, 1.82) is 0 Å². The first-order chi connectivity index (χ1) is 14.8. The van der Waals surface area contributed by atoms with E-state index in [2.05, 4.69) is 5.32 Å². The maximum Gasteiger partial charge on any atom is 0.251 e. The molecule has 8 heteroatoms. The summed E-state index contributed by atoms with van der Waals surface area (Å²) in [6.45, 7) is 5.33. The van der Waals surface area contributed by atoms with Crippen molar-refractivity contribution in [3.8, 4) is 5.75 Å². The van der Waals surface area contributed by atoms with Crippen LogP contribution in [0.15, 0.2) is 47.4 Å². The van der Waals surface area contributed by atoms with Crippen LogP contribution in [0, 0.1) is 0 Å². The van der Waals surface area contributed by atoms with Gasteiger partial charge in [-0.1, -0.05) is 36.6 Å². The Morgan fingerprint density at radius 1 is 1.10 bits per heavy atom. The van der Waals surface area contributed by atoms with Crippen molar-refractivity contribution >= 4 is 27.5 Å². The molecule has 1 saturated heterocycles. The van der Waals surface area contributed by atoms with E-state index in [4.69, 9.17) is 16.3 Å². The van der Waals surface area contributed by atoms with Crippen LogP contribution in [0.4, 0.5) is 0 Å². The van der Waals surface area contributed by atoms with Crippen molar-refractivity contribution < 1.29 is 17.9 Å². The molecular formula is C23H29ClN2O4S. The van der Waals surface area contributed by atoms with E-state index in [0.29, 0.717) is 19.7 Å². The molecule has 0 aromatic heterocycles.